The first kappa shape index (κ1) is 18.9. The number of carbonyl (C=O) groups is 1. The van der Waals surface area contributed by atoms with Crippen molar-refractivity contribution in [3.05, 3.63) is 47.6 Å². The van der Waals surface area contributed by atoms with Crippen LogP contribution in [0.2, 0.25) is 0 Å². The average molecular weight is 346 g/mol. The molecule has 0 aliphatic rings. The van der Waals surface area contributed by atoms with Gasteiger partial charge in [0.1, 0.15) is 0 Å². The van der Waals surface area contributed by atoms with Crippen LogP contribution in [0, 0.1) is 0 Å². The van der Waals surface area contributed by atoms with Crippen molar-refractivity contribution in [3.63, 3.8) is 0 Å². The van der Waals surface area contributed by atoms with Crippen molar-refractivity contribution in [1.82, 2.24) is 20.4 Å². The molecule has 2 N–H and O–H groups in total. The summed E-state index contributed by atoms with van der Waals surface area (Å²) in [4.78, 5) is 18.3. The molecule has 2 rings (SSSR count). The molecular formula is C18H26N4O3. The minimum atomic E-state index is -0.953. The van der Waals surface area contributed by atoms with Gasteiger partial charge in [0.15, 0.2) is 5.82 Å². The topological polar surface area (TPSA) is 91.5 Å². The van der Waals surface area contributed by atoms with Crippen LogP contribution in [0.1, 0.15) is 51.0 Å². The van der Waals surface area contributed by atoms with E-state index in [1.807, 2.05) is 37.3 Å². The van der Waals surface area contributed by atoms with Gasteiger partial charge < -0.3 is 19.8 Å². The molecule has 0 spiro atoms. The number of nitrogens with zero attached hydrogens (tertiary/aromatic N) is 3. The van der Waals surface area contributed by atoms with Crippen LogP contribution >= 0.6 is 0 Å². The summed E-state index contributed by atoms with van der Waals surface area (Å²) in [5.41, 5.74) is 0.128. The van der Waals surface area contributed by atoms with Crippen LogP contribution in [0.25, 0.3) is 0 Å². The van der Waals surface area contributed by atoms with Gasteiger partial charge in [-0.15, -0.1) is 0 Å². The number of aromatic nitrogens is 2. The van der Waals surface area contributed by atoms with E-state index in [2.05, 4.69) is 15.5 Å². The summed E-state index contributed by atoms with van der Waals surface area (Å²) in [6.45, 7) is 7.74. The van der Waals surface area contributed by atoms with E-state index in [1.54, 1.807) is 25.7 Å². The Hall–Kier alpha value is -2.41. The van der Waals surface area contributed by atoms with Crippen molar-refractivity contribution in [2.24, 2.45) is 0 Å². The van der Waals surface area contributed by atoms with E-state index >= 15 is 0 Å². The molecule has 0 aliphatic heterocycles. The molecule has 2 aromatic rings. The zero-order chi connectivity index (χ0) is 18.4. The first-order chi connectivity index (χ1) is 11.8. The number of rotatable bonds is 7. The van der Waals surface area contributed by atoms with Gasteiger partial charge in [-0.05, 0) is 33.3 Å². The molecule has 0 radical (unpaired) electrons. The Morgan fingerprint density at radius 2 is 2.04 bits per heavy atom. The van der Waals surface area contributed by atoms with Crippen molar-refractivity contribution in [3.8, 4) is 0 Å². The molecule has 1 aromatic carbocycles. The fraction of sp³-hybridized carbons (Fsp3) is 0.500. The molecule has 1 atom stereocenters. The van der Waals surface area contributed by atoms with E-state index in [0.717, 1.165) is 5.56 Å². The largest absolute Gasteiger partial charge is 0.389 e. The minimum Gasteiger partial charge on any atom is -0.389 e. The van der Waals surface area contributed by atoms with Gasteiger partial charge in [0.2, 0.25) is 5.89 Å². The molecule has 0 saturated heterocycles. The van der Waals surface area contributed by atoms with Crippen LogP contribution < -0.4 is 5.32 Å². The third kappa shape index (κ3) is 5.86. The van der Waals surface area contributed by atoms with Crippen molar-refractivity contribution in [2.45, 2.75) is 45.8 Å². The van der Waals surface area contributed by atoms with Crippen LogP contribution in [0.3, 0.4) is 0 Å². The van der Waals surface area contributed by atoms with Crippen molar-refractivity contribution >= 4 is 6.03 Å². The first-order valence-corrected chi connectivity index (χ1v) is 8.42. The normalized spacial score (nSPS) is 12.7. The van der Waals surface area contributed by atoms with Crippen LogP contribution in [0.4, 0.5) is 4.79 Å². The number of urea groups is 1. The van der Waals surface area contributed by atoms with Gasteiger partial charge in [-0.1, -0.05) is 35.5 Å². The summed E-state index contributed by atoms with van der Waals surface area (Å²) in [5.74, 6) is 0.935. The van der Waals surface area contributed by atoms with E-state index < -0.39 is 11.6 Å². The van der Waals surface area contributed by atoms with Gasteiger partial charge >= 0.3 is 6.03 Å². The van der Waals surface area contributed by atoms with E-state index in [1.165, 1.54) is 0 Å². The van der Waals surface area contributed by atoms with Crippen molar-refractivity contribution < 1.29 is 14.4 Å². The van der Waals surface area contributed by atoms with Crippen LogP contribution in [0.5, 0.6) is 0 Å². The molecule has 0 bridgehead atoms. The standard InChI is InChI=1S/C18H26N4O3/c1-5-22(12-18(3,4)24)17(23)19-13(2)16-20-15(25-21-16)11-14-9-7-6-8-10-14/h6-10,13,24H,5,11-12H2,1-4H3,(H,19,23). The highest BCUT2D eigenvalue weighted by atomic mass is 16.5. The van der Waals surface area contributed by atoms with Crippen molar-refractivity contribution in [2.75, 3.05) is 13.1 Å². The smallest absolute Gasteiger partial charge is 0.318 e. The molecule has 7 nitrogen and oxygen atoms in total. The quantitative estimate of drug-likeness (QED) is 0.804. The SMILES string of the molecule is CCN(CC(C)(C)O)C(=O)NC(C)c1noc(Cc2ccccc2)n1. The van der Waals surface area contributed by atoms with Gasteiger partial charge in [0.25, 0.3) is 0 Å². The third-order valence-corrected chi connectivity index (χ3v) is 3.66. The van der Waals surface area contributed by atoms with Crippen LogP contribution in [-0.4, -0.2) is 44.9 Å². The molecule has 7 heteroatoms. The van der Waals surface area contributed by atoms with Crippen molar-refractivity contribution in [1.29, 1.82) is 0 Å². The highest BCUT2D eigenvalue weighted by Crippen LogP contribution is 2.13. The van der Waals surface area contributed by atoms with Crippen LogP contribution in [-0.2, 0) is 6.42 Å². The molecule has 1 aromatic heterocycles. The number of benzene rings is 1. The average Bonchev–Trinajstić information content (AvgIpc) is 3.01. The van der Waals surface area contributed by atoms with E-state index in [-0.39, 0.29) is 12.6 Å². The highest BCUT2D eigenvalue weighted by molar-refractivity contribution is 5.74. The van der Waals surface area contributed by atoms with Gasteiger partial charge in [-0.3, -0.25) is 0 Å². The molecule has 0 saturated carbocycles. The number of likely N-dealkylation sites (N-methyl/N-ethyl adjacent to an activating group) is 1. The summed E-state index contributed by atoms with van der Waals surface area (Å²) in [6.07, 6.45) is 0.550. The monoisotopic (exact) mass is 346 g/mol. The summed E-state index contributed by atoms with van der Waals surface area (Å²) in [6, 6.07) is 9.18. The first-order valence-electron chi connectivity index (χ1n) is 8.42. The van der Waals surface area contributed by atoms with E-state index in [9.17, 15) is 9.90 Å². The summed E-state index contributed by atoms with van der Waals surface area (Å²) in [7, 11) is 0. The highest BCUT2D eigenvalue weighted by Gasteiger charge is 2.24. The Morgan fingerprint density at radius 1 is 1.36 bits per heavy atom. The fourth-order valence-electron chi connectivity index (χ4n) is 2.42. The molecule has 0 aliphatic carbocycles. The van der Waals surface area contributed by atoms with Gasteiger partial charge in [0.05, 0.1) is 24.6 Å². The molecule has 1 heterocycles. The van der Waals surface area contributed by atoms with E-state index in [0.29, 0.717) is 24.7 Å². The second-order valence-electron chi connectivity index (χ2n) is 6.71. The Bertz CT molecular complexity index is 679. The molecular weight excluding hydrogens is 320 g/mol. The Balaban J connectivity index is 1.96. The number of aliphatic hydroxyl groups is 1. The molecule has 1 unspecified atom stereocenters. The Kier molecular flexibility index (Phi) is 6.14. The lowest BCUT2D eigenvalue weighted by Crippen LogP contribution is -2.47. The zero-order valence-electron chi connectivity index (χ0n) is 15.2. The number of hydrogen-bond acceptors (Lipinski definition) is 5. The lowest BCUT2D eigenvalue weighted by Gasteiger charge is -2.29. The summed E-state index contributed by atoms with van der Waals surface area (Å²) >= 11 is 0. The molecule has 25 heavy (non-hydrogen) atoms. The fourth-order valence-corrected chi connectivity index (χ4v) is 2.42. The maximum absolute atomic E-state index is 12.4. The lowest BCUT2D eigenvalue weighted by molar-refractivity contribution is 0.0476. The Morgan fingerprint density at radius 3 is 2.64 bits per heavy atom. The number of amides is 2. The predicted octanol–water partition coefficient (Wildman–Crippen LogP) is 2.52. The lowest BCUT2D eigenvalue weighted by atomic mass is 10.1. The van der Waals surface area contributed by atoms with Crippen LogP contribution in [0.15, 0.2) is 34.9 Å². The maximum atomic E-state index is 12.4. The van der Waals surface area contributed by atoms with Gasteiger partial charge in [-0.2, -0.15) is 4.98 Å². The second-order valence-corrected chi connectivity index (χ2v) is 6.71. The number of hydrogen-bond donors (Lipinski definition) is 2. The summed E-state index contributed by atoms with van der Waals surface area (Å²) in [5, 5.41) is 16.7. The second kappa shape index (κ2) is 8.11. The molecule has 0 fully saturated rings. The minimum absolute atomic E-state index is 0.244. The van der Waals surface area contributed by atoms with Gasteiger partial charge in [0, 0.05) is 6.54 Å². The number of nitrogens with one attached hydrogen (secondary N) is 1. The van der Waals surface area contributed by atoms with E-state index in [4.69, 9.17) is 4.52 Å². The molecule has 136 valence electrons. The number of carbonyl (C=O) groups excluding carboxylic acids is 1. The van der Waals surface area contributed by atoms with Gasteiger partial charge in [-0.25, -0.2) is 4.79 Å². The molecule has 2 amide bonds. The third-order valence-electron chi connectivity index (χ3n) is 3.66. The summed E-state index contributed by atoms with van der Waals surface area (Å²) < 4.78 is 5.27. The Labute approximate surface area is 148 Å². The predicted molar refractivity (Wildman–Crippen MR) is 94.0 cm³/mol. The zero-order valence-corrected chi connectivity index (χ0v) is 15.2. The maximum Gasteiger partial charge on any atom is 0.318 e.